The fourth-order valence-corrected chi connectivity index (χ4v) is 3.87. The number of carbonyl (C=O) groups excluding carboxylic acids is 2. The van der Waals surface area contributed by atoms with Gasteiger partial charge in [-0.3, -0.25) is 4.79 Å². The second kappa shape index (κ2) is 7.99. The Labute approximate surface area is 175 Å². The number of rotatable bonds is 5. The zero-order chi connectivity index (χ0) is 21.3. The van der Waals surface area contributed by atoms with Crippen LogP contribution in [-0.4, -0.2) is 16.9 Å². The van der Waals surface area contributed by atoms with Crippen LogP contribution >= 0.6 is 0 Å². The third-order valence-corrected chi connectivity index (χ3v) is 5.26. The number of phenolic OH excluding ortho intramolecular Hbond substituents is 1. The number of ether oxygens (including phenoxy) is 1. The van der Waals surface area contributed by atoms with Crippen LogP contribution in [0.1, 0.15) is 45.7 Å². The van der Waals surface area contributed by atoms with Gasteiger partial charge in [0.05, 0.1) is 5.56 Å². The van der Waals surface area contributed by atoms with Crippen molar-refractivity contribution in [3.63, 3.8) is 0 Å². The van der Waals surface area contributed by atoms with Crippen LogP contribution in [0.4, 0.5) is 0 Å². The van der Waals surface area contributed by atoms with Crippen LogP contribution in [-0.2, 0) is 6.42 Å². The first kappa shape index (κ1) is 19.6. The number of esters is 1. The topological polar surface area (TPSA) is 63.6 Å². The Balaban J connectivity index is 1.57. The smallest absolute Gasteiger partial charge is 0.343 e. The van der Waals surface area contributed by atoms with Gasteiger partial charge in [0.2, 0.25) is 0 Å². The maximum atomic E-state index is 13.2. The molecule has 0 aromatic heterocycles. The van der Waals surface area contributed by atoms with Crippen molar-refractivity contribution in [1.29, 1.82) is 0 Å². The molecule has 0 atom stereocenters. The summed E-state index contributed by atoms with van der Waals surface area (Å²) in [6.45, 7) is 4.10. The van der Waals surface area contributed by atoms with E-state index < -0.39 is 5.97 Å². The van der Waals surface area contributed by atoms with Gasteiger partial charge >= 0.3 is 5.97 Å². The summed E-state index contributed by atoms with van der Waals surface area (Å²) in [6.07, 6.45) is 0.548. The molecule has 0 amide bonds. The maximum Gasteiger partial charge on any atom is 0.343 e. The van der Waals surface area contributed by atoms with Crippen molar-refractivity contribution in [1.82, 2.24) is 0 Å². The van der Waals surface area contributed by atoms with Crippen LogP contribution in [0.25, 0.3) is 5.57 Å². The summed E-state index contributed by atoms with van der Waals surface area (Å²) in [5.74, 6) is 0.252. The molecule has 4 nitrogen and oxygen atoms in total. The third-order valence-electron chi connectivity index (χ3n) is 5.26. The Bertz CT molecular complexity index is 1140. The average molecular weight is 398 g/mol. The summed E-state index contributed by atoms with van der Waals surface area (Å²) in [4.78, 5) is 25.4. The monoisotopic (exact) mass is 398 g/mol. The van der Waals surface area contributed by atoms with Gasteiger partial charge in [0.1, 0.15) is 11.5 Å². The number of hydrogen-bond donors (Lipinski definition) is 1. The van der Waals surface area contributed by atoms with Crippen molar-refractivity contribution >= 4 is 17.3 Å². The fourth-order valence-electron chi connectivity index (χ4n) is 3.87. The second-order valence-corrected chi connectivity index (χ2v) is 7.67. The van der Waals surface area contributed by atoms with E-state index in [2.05, 4.69) is 0 Å². The molecular weight excluding hydrogens is 376 g/mol. The largest absolute Gasteiger partial charge is 0.508 e. The number of phenols is 1. The Hall–Kier alpha value is -3.66. The molecule has 4 heteroatoms. The summed E-state index contributed by atoms with van der Waals surface area (Å²) < 4.78 is 5.39. The molecule has 0 spiro atoms. The Morgan fingerprint density at radius 1 is 0.900 bits per heavy atom. The molecule has 0 radical (unpaired) electrons. The van der Waals surface area contributed by atoms with Gasteiger partial charge in [-0.05, 0) is 71.1 Å². The summed E-state index contributed by atoms with van der Waals surface area (Å²) in [6, 6.07) is 20.7. The van der Waals surface area contributed by atoms with Gasteiger partial charge < -0.3 is 9.84 Å². The van der Waals surface area contributed by atoms with E-state index in [1.807, 2.05) is 26.0 Å². The zero-order valence-electron chi connectivity index (χ0n) is 16.9. The molecular formula is C26H22O4. The fraction of sp³-hybridized carbons (Fsp3) is 0.154. The number of allylic oxidation sites excluding steroid dienone is 2. The van der Waals surface area contributed by atoms with Crippen LogP contribution in [0.5, 0.6) is 11.5 Å². The Morgan fingerprint density at radius 3 is 2.27 bits per heavy atom. The van der Waals surface area contributed by atoms with Crippen molar-refractivity contribution in [2.75, 3.05) is 0 Å². The lowest BCUT2D eigenvalue weighted by Gasteiger charge is -2.12. The summed E-state index contributed by atoms with van der Waals surface area (Å²) in [5.41, 5.74) is 4.73. The van der Waals surface area contributed by atoms with E-state index in [9.17, 15) is 14.7 Å². The minimum Gasteiger partial charge on any atom is -0.508 e. The molecule has 0 saturated carbocycles. The van der Waals surface area contributed by atoms with Crippen LogP contribution in [0.15, 0.2) is 78.4 Å². The first-order valence-electron chi connectivity index (χ1n) is 9.91. The van der Waals surface area contributed by atoms with Crippen molar-refractivity contribution in [2.45, 2.75) is 20.3 Å². The minimum atomic E-state index is -0.439. The van der Waals surface area contributed by atoms with Crippen molar-refractivity contribution < 1.29 is 19.4 Å². The molecule has 0 bridgehead atoms. The number of carbonyl (C=O) groups is 2. The summed E-state index contributed by atoms with van der Waals surface area (Å²) in [5, 5.41) is 9.87. The van der Waals surface area contributed by atoms with Crippen LogP contribution < -0.4 is 4.74 Å². The number of fused-ring (bicyclic) bond motifs is 1. The molecule has 0 fully saturated rings. The highest BCUT2D eigenvalue weighted by atomic mass is 16.5. The normalized spacial score (nSPS) is 12.8. The molecule has 0 unspecified atom stereocenters. The number of aromatic hydroxyl groups is 1. The Morgan fingerprint density at radius 2 is 1.60 bits per heavy atom. The summed E-state index contributed by atoms with van der Waals surface area (Å²) >= 11 is 0. The first-order chi connectivity index (χ1) is 14.4. The van der Waals surface area contributed by atoms with Gasteiger partial charge in [0, 0.05) is 17.6 Å². The minimum absolute atomic E-state index is 0.0460. The third kappa shape index (κ3) is 3.77. The second-order valence-electron chi connectivity index (χ2n) is 7.67. The van der Waals surface area contributed by atoms with Gasteiger partial charge in [-0.1, -0.05) is 38.1 Å². The molecule has 0 heterocycles. The molecule has 4 rings (SSSR count). The lowest BCUT2D eigenvalue weighted by atomic mass is 9.92. The molecule has 0 saturated heterocycles. The zero-order valence-corrected chi connectivity index (χ0v) is 16.9. The van der Waals surface area contributed by atoms with E-state index in [4.69, 9.17) is 4.74 Å². The standard InChI is InChI=1S/C26H22O4/c1-16(2)24-22-15-20(27)11-8-19(22)14-23(24)25(28)17-9-12-21(13-10-17)30-26(29)18-6-4-3-5-7-18/h3-13,15-16,27H,14H2,1-2H3. The molecule has 1 aliphatic rings. The molecule has 1 aliphatic carbocycles. The Kier molecular flexibility index (Phi) is 5.23. The molecule has 0 aliphatic heterocycles. The number of Topliss-reactive ketones (excluding diaryl/α,β-unsaturated/α-hetero) is 1. The summed E-state index contributed by atoms with van der Waals surface area (Å²) in [7, 11) is 0. The lowest BCUT2D eigenvalue weighted by molar-refractivity contribution is 0.0734. The van der Waals surface area contributed by atoms with Crippen molar-refractivity contribution in [3.05, 3.63) is 101 Å². The molecule has 1 N–H and O–H groups in total. The predicted molar refractivity (Wildman–Crippen MR) is 116 cm³/mol. The number of benzene rings is 3. The number of hydrogen-bond acceptors (Lipinski definition) is 4. The lowest BCUT2D eigenvalue weighted by Crippen LogP contribution is -2.09. The van der Waals surface area contributed by atoms with Gasteiger partial charge in [-0.25, -0.2) is 4.79 Å². The van der Waals surface area contributed by atoms with E-state index in [0.29, 0.717) is 23.3 Å². The van der Waals surface area contributed by atoms with Crippen LogP contribution in [0, 0.1) is 5.92 Å². The van der Waals surface area contributed by atoms with Crippen LogP contribution in [0.2, 0.25) is 0 Å². The highest BCUT2D eigenvalue weighted by Gasteiger charge is 2.28. The van der Waals surface area contributed by atoms with Gasteiger partial charge in [-0.15, -0.1) is 0 Å². The van der Waals surface area contributed by atoms with E-state index in [1.165, 1.54) is 0 Å². The SMILES string of the molecule is CC(C)C1=C(C(=O)c2ccc(OC(=O)c3ccccc3)cc2)Cc2ccc(O)cc21. The van der Waals surface area contributed by atoms with E-state index >= 15 is 0 Å². The van der Waals surface area contributed by atoms with Crippen molar-refractivity contribution in [2.24, 2.45) is 5.92 Å². The van der Waals surface area contributed by atoms with Crippen LogP contribution in [0.3, 0.4) is 0 Å². The van der Waals surface area contributed by atoms with E-state index in [-0.39, 0.29) is 17.5 Å². The number of ketones is 1. The quantitative estimate of drug-likeness (QED) is 0.352. The maximum absolute atomic E-state index is 13.2. The first-order valence-corrected chi connectivity index (χ1v) is 9.91. The molecule has 30 heavy (non-hydrogen) atoms. The predicted octanol–water partition coefficient (Wildman–Crippen LogP) is 5.46. The highest BCUT2D eigenvalue weighted by molar-refractivity contribution is 6.15. The molecule has 150 valence electrons. The highest BCUT2D eigenvalue weighted by Crippen LogP contribution is 2.40. The average Bonchev–Trinajstić information content (AvgIpc) is 3.13. The van der Waals surface area contributed by atoms with E-state index in [0.717, 1.165) is 22.3 Å². The molecule has 3 aromatic rings. The van der Waals surface area contributed by atoms with Gasteiger partial charge in [0.25, 0.3) is 0 Å². The van der Waals surface area contributed by atoms with Crippen molar-refractivity contribution in [3.8, 4) is 11.5 Å². The van der Waals surface area contributed by atoms with E-state index in [1.54, 1.807) is 60.7 Å². The van der Waals surface area contributed by atoms with Gasteiger partial charge in [-0.2, -0.15) is 0 Å². The van der Waals surface area contributed by atoms with Gasteiger partial charge in [0.15, 0.2) is 5.78 Å². The molecule has 3 aromatic carbocycles.